The predicted octanol–water partition coefficient (Wildman–Crippen LogP) is 1.61. The Morgan fingerprint density at radius 1 is 1.58 bits per heavy atom. The fourth-order valence-corrected chi connectivity index (χ4v) is 2.14. The van der Waals surface area contributed by atoms with Crippen molar-refractivity contribution < 1.29 is 9.90 Å². The lowest BCUT2D eigenvalue weighted by Crippen LogP contribution is -2.14. The molecule has 19 heavy (non-hydrogen) atoms. The Morgan fingerprint density at radius 3 is 3.05 bits per heavy atom. The third kappa shape index (κ3) is 3.34. The smallest absolute Gasteiger partial charge is 0.303 e. The first-order valence-corrected chi connectivity index (χ1v) is 6.46. The Hall–Kier alpha value is -1.83. The van der Waals surface area contributed by atoms with Crippen LogP contribution >= 0.6 is 15.9 Å². The molecule has 2 aromatic heterocycles. The molecule has 0 saturated carbocycles. The largest absolute Gasteiger partial charge is 0.481 e. The van der Waals surface area contributed by atoms with Crippen molar-refractivity contribution in [3.8, 4) is 11.5 Å². The Balaban J connectivity index is 2.23. The quantitative estimate of drug-likeness (QED) is 0.897. The molecule has 0 aliphatic rings. The zero-order valence-electron chi connectivity index (χ0n) is 10.2. The van der Waals surface area contributed by atoms with Crippen LogP contribution in [0.2, 0.25) is 0 Å². The molecule has 1 N–H and O–H groups in total. The van der Waals surface area contributed by atoms with Crippen LogP contribution in [0, 0.1) is 5.92 Å². The first kappa shape index (κ1) is 13.6. The molecule has 0 saturated heterocycles. The van der Waals surface area contributed by atoms with Crippen molar-refractivity contribution in [2.45, 2.75) is 19.9 Å². The van der Waals surface area contributed by atoms with Crippen LogP contribution < -0.4 is 0 Å². The van der Waals surface area contributed by atoms with Crippen molar-refractivity contribution in [2.75, 3.05) is 0 Å². The zero-order valence-corrected chi connectivity index (χ0v) is 11.8. The molecule has 1 atom stereocenters. The fraction of sp³-hybridized carbons (Fsp3) is 0.364. The second kappa shape index (κ2) is 5.87. The van der Waals surface area contributed by atoms with Crippen molar-refractivity contribution in [1.82, 2.24) is 25.2 Å². The van der Waals surface area contributed by atoms with Gasteiger partial charge in [0.25, 0.3) is 0 Å². The molecule has 0 spiro atoms. The summed E-state index contributed by atoms with van der Waals surface area (Å²) in [4.78, 5) is 14.9. The normalized spacial score (nSPS) is 12.3. The molecule has 0 bridgehead atoms. The minimum absolute atomic E-state index is 0.0674. The first-order chi connectivity index (χ1) is 9.08. The molecule has 0 radical (unpaired) electrons. The highest BCUT2D eigenvalue weighted by atomic mass is 79.9. The second-order valence-electron chi connectivity index (χ2n) is 4.22. The topological polar surface area (TPSA) is 93.8 Å². The zero-order chi connectivity index (χ0) is 13.8. The van der Waals surface area contributed by atoms with Crippen LogP contribution in [0.15, 0.2) is 22.8 Å². The summed E-state index contributed by atoms with van der Waals surface area (Å²) in [6, 6.07) is 3.65. The molecule has 0 aliphatic heterocycles. The molecule has 0 fully saturated rings. The van der Waals surface area contributed by atoms with Crippen LogP contribution in [0.5, 0.6) is 0 Å². The van der Waals surface area contributed by atoms with E-state index in [0.29, 0.717) is 18.1 Å². The number of halogens is 1. The summed E-state index contributed by atoms with van der Waals surface area (Å²) in [6.07, 6.45) is 1.72. The van der Waals surface area contributed by atoms with Gasteiger partial charge >= 0.3 is 5.97 Å². The van der Waals surface area contributed by atoms with Gasteiger partial charge in [-0.25, -0.2) is 4.68 Å². The summed E-state index contributed by atoms with van der Waals surface area (Å²) in [5.41, 5.74) is 0.634. The molecule has 2 aromatic rings. The van der Waals surface area contributed by atoms with Crippen molar-refractivity contribution in [3.63, 3.8) is 0 Å². The maximum absolute atomic E-state index is 10.7. The predicted molar refractivity (Wildman–Crippen MR) is 70.2 cm³/mol. The molecular formula is C11H12BrN5O2. The fourth-order valence-electron chi connectivity index (χ4n) is 1.71. The summed E-state index contributed by atoms with van der Waals surface area (Å²) in [5, 5.41) is 20.2. The van der Waals surface area contributed by atoms with Gasteiger partial charge in [0.15, 0.2) is 0 Å². The molecular weight excluding hydrogens is 314 g/mol. The Labute approximate surface area is 117 Å². The van der Waals surface area contributed by atoms with E-state index < -0.39 is 5.97 Å². The molecule has 1 unspecified atom stereocenters. The highest BCUT2D eigenvalue weighted by molar-refractivity contribution is 9.10. The molecule has 7 nitrogen and oxygen atoms in total. The van der Waals surface area contributed by atoms with E-state index in [2.05, 4.69) is 36.4 Å². The highest BCUT2D eigenvalue weighted by Crippen LogP contribution is 2.23. The molecule has 8 heteroatoms. The molecule has 0 amide bonds. The van der Waals surface area contributed by atoms with Crippen LogP contribution in [0.3, 0.4) is 0 Å². The maximum atomic E-state index is 10.7. The average molecular weight is 326 g/mol. The number of rotatable bonds is 5. The number of tetrazole rings is 1. The monoisotopic (exact) mass is 325 g/mol. The standard InChI is InChI=1S/C11H12BrN5O2/c1-7(5-9(18)19)6-17-11(14-15-16-17)10-8(12)3-2-4-13-10/h2-4,7H,5-6H2,1H3,(H,18,19). The second-order valence-corrected chi connectivity index (χ2v) is 5.08. The van der Waals surface area contributed by atoms with Gasteiger partial charge in [-0.3, -0.25) is 9.78 Å². The number of carbonyl (C=O) groups is 1. The molecule has 0 aliphatic carbocycles. The minimum Gasteiger partial charge on any atom is -0.481 e. The van der Waals surface area contributed by atoms with Crippen LogP contribution in [0.25, 0.3) is 11.5 Å². The summed E-state index contributed by atoms with van der Waals surface area (Å²) in [5.74, 6) is -0.381. The number of pyridine rings is 1. The van der Waals surface area contributed by atoms with Gasteiger partial charge in [0, 0.05) is 23.6 Å². The van der Waals surface area contributed by atoms with Gasteiger partial charge in [-0.1, -0.05) is 6.92 Å². The van der Waals surface area contributed by atoms with Crippen molar-refractivity contribution in [2.24, 2.45) is 5.92 Å². The third-order valence-corrected chi connectivity index (χ3v) is 3.15. The van der Waals surface area contributed by atoms with E-state index in [0.717, 1.165) is 4.47 Å². The lowest BCUT2D eigenvalue weighted by atomic mass is 10.1. The molecule has 2 heterocycles. The first-order valence-electron chi connectivity index (χ1n) is 5.66. The van der Waals surface area contributed by atoms with E-state index in [-0.39, 0.29) is 12.3 Å². The summed E-state index contributed by atoms with van der Waals surface area (Å²) >= 11 is 3.39. The van der Waals surface area contributed by atoms with Crippen LogP contribution in [0.1, 0.15) is 13.3 Å². The number of aliphatic carboxylic acids is 1. The van der Waals surface area contributed by atoms with E-state index in [4.69, 9.17) is 5.11 Å². The number of hydrogen-bond acceptors (Lipinski definition) is 5. The van der Waals surface area contributed by atoms with Gasteiger partial charge in [0.2, 0.25) is 5.82 Å². The highest BCUT2D eigenvalue weighted by Gasteiger charge is 2.16. The lowest BCUT2D eigenvalue weighted by Gasteiger charge is -2.10. The van der Waals surface area contributed by atoms with Crippen LogP contribution in [-0.4, -0.2) is 36.3 Å². The van der Waals surface area contributed by atoms with E-state index in [9.17, 15) is 4.79 Å². The van der Waals surface area contributed by atoms with Gasteiger partial charge < -0.3 is 5.11 Å². The van der Waals surface area contributed by atoms with E-state index in [1.54, 1.807) is 16.9 Å². The number of aromatic nitrogens is 5. The number of carboxylic acid groups (broad SMARTS) is 1. The van der Waals surface area contributed by atoms with Crippen molar-refractivity contribution >= 4 is 21.9 Å². The summed E-state index contributed by atoms with van der Waals surface area (Å²) in [7, 11) is 0. The van der Waals surface area contributed by atoms with E-state index >= 15 is 0 Å². The summed E-state index contributed by atoms with van der Waals surface area (Å²) in [6.45, 7) is 2.27. The number of hydrogen-bond donors (Lipinski definition) is 1. The lowest BCUT2D eigenvalue weighted by molar-refractivity contribution is -0.138. The average Bonchev–Trinajstić information content (AvgIpc) is 2.76. The molecule has 2 rings (SSSR count). The van der Waals surface area contributed by atoms with Gasteiger partial charge in [0.05, 0.1) is 0 Å². The van der Waals surface area contributed by atoms with Crippen LogP contribution in [-0.2, 0) is 11.3 Å². The maximum Gasteiger partial charge on any atom is 0.303 e. The molecule has 0 aromatic carbocycles. The van der Waals surface area contributed by atoms with Gasteiger partial charge in [-0.2, -0.15) is 0 Å². The van der Waals surface area contributed by atoms with Gasteiger partial charge in [-0.15, -0.1) is 5.10 Å². The number of carboxylic acids is 1. The van der Waals surface area contributed by atoms with E-state index in [1.807, 2.05) is 13.0 Å². The Bertz CT molecular complexity index is 586. The van der Waals surface area contributed by atoms with Crippen molar-refractivity contribution in [3.05, 3.63) is 22.8 Å². The van der Waals surface area contributed by atoms with Crippen LogP contribution in [0.4, 0.5) is 0 Å². The van der Waals surface area contributed by atoms with E-state index in [1.165, 1.54) is 0 Å². The Morgan fingerprint density at radius 2 is 2.37 bits per heavy atom. The molecule has 100 valence electrons. The third-order valence-electron chi connectivity index (χ3n) is 2.51. The van der Waals surface area contributed by atoms with Gasteiger partial charge in [0.1, 0.15) is 5.69 Å². The summed E-state index contributed by atoms with van der Waals surface area (Å²) < 4.78 is 2.36. The SMILES string of the molecule is CC(CC(=O)O)Cn1nnnc1-c1ncccc1Br. The van der Waals surface area contributed by atoms with Crippen molar-refractivity contribution in [1.29, 1.82) is 0 Å². The number of nitrogens with zero attached hydrogens (tertiary/aromatic N) is 5. The Kier molecular flexibility index (Phi) is 4.20. The minimum atomic E-state index is -0.832. The van der Waals surface area contributed by atoms with Gasteiger partial charge in [-0.05, 0) is 44.4 Å².